The molecule has 0 aliphatic heterocycles. The van der Waals surface area contributed by atoms with Crippen LogP contribution in [-0.4, -0.2) is 32.8 Å². The zero-order valence-electron chi connectivity index (χ0n) is 10.2. The lowest BCUT2D eigenvalue weighted by Gasteiger charge is -1.94. The van der Waals surface area contributed by atoms with Crippen LogP contribution < -0.4 is 0 Å². The summed E-state index contributed by atoms with van der Waals surface area (Å²) in [5.41, 5.74) is 0.877. The number of carbonyl (C=O) groups excluding carboxylic acids is 1. The number of rotatable bonds is 4. The standard InChI is InChI=1S/C12H11IN4O2/c1-2-19-11(18)6-7-17-15-12(14-16-17)9-4-3-5-10(13)8-9/h3-8H,2H2,1H3/b7-6-. The predicted molar refractivity (Wildman–Crippen MR) is 77.9 cm³/mol. The summed E-state index contributed by atoms with van der Waals surface area (Å²) in [4.78, 5) is 12.4. The number of carbonyl (C=O) groups is 1. The molecule has 6 nitrogen and oxygen atoms in total. The van der Waals surface area contributed by atoms with Gasteiger partial charge in [0.15, 0.2) is 0 Å². The Bertz CT molecular complexity index is 609. The van der Waals surface area contributed by atoms with Gasteiger partial charge in [0, 0.05) is 15.2 Å². The Morgan fingerprint density at radius 1 is 1.53 bits per heavy atom. The number of hydrogen-bond donors (Lipinski definition) is 0. The van der Waals surface area contributed by atoms with Gasteiger partial charge < -0.3 is 4.74 Å². The molecule has 0 spiro atoms. The predicted octanol–water partition coefficient (Wildman–Crippen LogP) is 1.98. The number of nitrogens with zero attached hydrogens (tertiary/aromatic N) is 4. The van der Waals surface area contributed by atoms with E-state index in [2.05, 4.69) is 38.0 Å². The van der Waals surface area contributed by atoms with Crippen molar-refractivity contribution in [3.8, 4) is 11.4 Å². The summed E-state index contributed by atoms with van der Waals surface area (Å²) < 4.78 is 5.85. The fourth-order valence-electron chi connectivity index (χ4n) is 1.35. The minimum Gasteiger partial charge on any atom is -0.463 e. The van der Waals surface area contributed by atoms with E-state index >= 15 is 0 Å². The van der Waals surface area contributed by atoms with Gasteiger partial charge in [0.1, 0.15) is 0 Å². The van der Waals surface area contributed by atoms with Crippen LogP contribution in [0.4, 0.5) is 0 Å². The van der Waals surface area contributed by atoms with Crippen LogP contribution in [-0.2, 0) is 9.53 Å². The number of esters is 1. The lowest BCUT2D eigenvalue weighted by atomic mass is 10.2. The molecule has 1 aromatic carbocycles. The highest BCUT2D eigenvalue weighted by atomic mass is 127. The molecule has 0 saturated carbocycles. The number of benzene rings is 1. The van der Waals surface area contributed by atoms with Gasteiger partial charge in [-0.25, -0.2) is 4.79 Å². The molecule has 7 heteroatoms. The molecule has 0 unspecified atom stereocenters. The van der Waals surface area contributed by atoms with Crippen LogP contribution in [0.25, 0.3) is 17.6 Å². The SMILES string of the molecule is CCOC(=O)/C=C\n1nnc(-c2cccc(I)c2)n1. The van der Waals surface area contributed by atoms with Crippen LogP contribution in [0.1, 0.15) is 6.92 Å². The molecule has 0 amide bonds. The Labute approximate surface area is 123 Å². The van der Waals surface area contributed by atoms with E-state index in [0.29, 0.717) is 12.4 Å². The molecular weight excluding hydrogens is 359 g/mol. The quantitative estimate of drug-likeness (QED) is 0.468. The van der Waals surface area contributed by atoms with E-state index < -0.39 is 5.97 Å². The topological polar surface area (TPSA) is 69.9 Å². The second-order valence-corrected chi connectivity index (χ2v) is 4.76. The van der Waals surface area contributed by atoms with Crippen molar-refractivity contribution in [3.63, 3.8) is 0 Å². The van der Waals surface area contributed by atoms with Crippen molar-refractivity contribution in [1.82, 2.24) is 20.2 Å². The molecule has 0 bridgehead atoms. The van der Waals surface area contributed by atoms with E-state index in [0.717, 1.165) is 9.13 Å². The number of aromatic nitrogens is 4. The summed E-state index contributed by atoms with van der Waals surface area (Å²) in [7, 11) is 0. The second-order valence-electron chi connectivity index (χ2n) is 3.51. The van der Waals surface area contributed by atoms with Crippen LogP contribution >= 0.6 is 22.6 Å². The Morgan fingerprint density at radius 2 is 2.37 bits per heavy atom. The van der Waals surface area contributed by atoms with Crippen molar-refractivity contribution >= 4 is 34.8 Å². The van der Waals surface area contributed by atoms with Crippen LogP contribution in [0.15, 0.2) is 30.3 Å². The molecule has 0 fully saturated rings. The number of halogens is 1. The third-order valence-electron chi connectivity index (χ3n) is 2.14. The van der Waals surface area contributed by atoms with E-state index in [9.17, 15) is 4.79 Å². The monoisotopic (exact) mass is 370 g/mol. The highest BCUT2D eigenvalue weighted by molar-refractivity contribution is 14.1. The van der Waals surface area contributed by atoms with Crippen molar-refractivity contribution in [1.29, 1.82) is 0 Å². The summed E-state index contributed by atoms with van der Waals surface area (Å²) in [6.07, 6.45) is 2.66. The second kappa shape index (κ2) is 6.41. The Hall–Kier alpha value is -1.77. The van der Waals surface area contributed by atoms with Gasteiger partial charge in [0.2, 0.25) is 5.82 Å². The first-order valence-corrected chi connectivity index (χ1v) is 6.67. The molecule has 0 aliphatic carbocycles. The van der Waals surface area contributed by atoms with Crippen LogP contribution in [0, 0.1) is 3.57 Å². The fraction of sp³-hybridized carbons (Fsp3) is 0.167. The summed E-state index contributed by atoms with van der Waals surface area (Å²) in [5, 5.41) is 11.9. The normalized spacial score (nSPS) is 10.8. The number of hydrogen-bond acceptors (Lipinski definition) is 5. The minimum atomic E-state index is -0.435. The van der Waals surface area contributed by atoms with Crippen molar-refractivity contribution in [2.75, 3.05) is 6.61 Å². The Kier molecular flexibility index (Phi) is 4.61. The average molecular weight is 370 g/mol. The van der Waals surface area contributed by atoms with E-state index in [1.165, 1.54) is 17.1 Å². The third-order valence-corrected chi connectivity index (χ3v) is 2.81. The van der Waals surface area contributed by atoms with Crippen molar-refractivity contribution in [2.45, 2.75) is 6.92 Å². The van der Waals surface area contributed by atoms with Crippen molar-refractivity contribution < 1.29 is 9.53 Å². The van der Waals surface area contributed by atoms with E-state index in [4.69, 9.17) is 4.74 Å². The van der Waals surface area contributed by atoms with Crippen LogP contribution in [0.2, 0.25) is 0 Å². The van der Waals surface area contributed by atoms with Gasteiger partial charge in [-0.1, -0.05) is 12.1 Å². The number of tetrazole rings is 1. The maximum absolute atomic E-state index is 11.1. The average Bonchev–Trinajstić information content (AvgIpc) is 2.85. The maximum Gasteiger partial charge on any atom is 0.332 e. The van der Waals surface area contributed by atoms with Gasteiger partial charge in [-0.3, -0.25) is 0 Å². The summed E-state index contributed by atoms with van der Waals surface area (Å²) in [5.74, 6) is 0.0719. The lowest BCUT2D eigenvalue weighted by Crippen LogP contribution is -2.01. The molecule has 2 aromatic rings. The van der Waals surface area contributed by atoms with Gasteiger partial charge in [-0.05, 0) is 46.9 Å². The molecule has 98 valence electrons. The zero-order chi connectivity index (χ0) is 13.7. The van der Waals surface area contributed by atoms with Crippen molar-refractivity contribution in [3.05, 3.63) is 33.9 Å². The molecule has 1 aromatic heterocycles. The Balaban J connectivity index is 2.13. The first-order valence-electron chi connectivity index (χ1n) is 5.59. The molecular formula is C12H11IN4O2. The molecule has 2 rings (SSSR count). The van der Waals surface area contributed by atoms with Gasteiger partial charge in [0.05, 0.1) is 12.8 Å². The maximum atomic E-state index is 11.1. The van der Waals surface area contributed by atoms with E-state index in [1.54, 1.807) is 6.92 Å². The third kappa shape index (κ3) is 3.85. The molecule has 19 heavy (non-hydrogen) atoms. The first-order chi connectivity index (χ1) is 9.19. The summed E-state index contributed by atoms with van der Waals surface area (Å²) in [6.45, 7) is 2.08. The first kappa shape index (κ1) is 13.7. The van der Waals surface area contributed by atoms with Gasteiger partial charge >= 0.3 is 5.97 Å². The fourth-order valence-corrected chi connectivity index (χ4v) is 1.89. The van der Waals surface area contributed by atoms with Gasteiger partial charge in [0.25, 0.3) is 0 Å². The largest absolute Gasteiger partial charge is 0.463 e. The van der Waals surface area contributed by atoms with Crippen LogP contribution in [0.5, 0.6) is 0 Å². The van der Waals surface area contributed by atoms with Crippen LogP contribution in [0.3, 0.4) is 0 Å². The molecule has 0 aliphatic rings. The molecule has 0 atom stereocenters. The summed E-state index contributed by atoms with van der Waals surface area (Å²) >= 11 is 2.22. The molecule has 1 heterocycles. The highest BCUT2D eigenvalue weighted by Gasteiger charge is 2.05. The molecule has 0 radical (unpaired) electrons. The van der Waals surface area contributed by atoms with Gasteiger partial charge in [-0.15, -0.1) is 15.0 Å². The highest BCUT2D eigenvalue weighted by Crippen LogP contribution is 2.16. The van der Waals surface area contributed by atoms with E-state index in [1.807, 2.05) is 24.3 Å². The molecule has 0 saturated heterocycles. The Morgan fingerprint density at radius 3 is 3.11 bits per heavy atom. The van der Waals surface area contributed by atoms with Gasteiger partial charge in [-0.2, -0.15) is 0 Å². The van der Waals surface area contributed by atoms with E-state index in [-0.39, 0.29) is 0 Å². The smallest absolute Gasteiger partial charge is 0.332 e. The lowest BCUT2D eigenvalue weighted by molar-refractivity contribution is -0.137. The zero-order valence-corrected chi connectivity index (χ0v) is 12.3. The van der Waals surface area contributed by atoms with Crippen molar-refractivity contribution in [2.24, 2.45) is 0 Å². The minimum absolute atomic E-state index is 0.335. The summed E-state index contributed by atoms with van der Waals surface area (Å²) in [6, 6.07) is 7.76. The molecule has 0 N–H and O–H groups in total. The number of ether oxygens (including phenoxy) is 1.